The van der Waals surface area contributed by atoms with Gasteiger partial charge in [-0.2, -0.15) is 5.10 Å². The van der Waals surface area contributed by atoms with Crippen LogP contribution in [0.1, 0.15) is 11.1 Å². The Balaban J connectivity index is 1.42. The Morgan fingerprint density at radius 2 is 1.52 bits per heavy atom. The average molecular weight is 396 g/mol. The third-order valence-corrected chi connectivity index (χ3v) is 5.46. The van der Waals surface area contributed by atoms with Crippen LogP contribution in [0.5, 0.6) is 0 Å². The number of hydrogen-bond acceptors (Lipinski definition) is 3. The fourth-order valence-corrected chi connectivity index (χ4v) is 3.75. The van der Waals surface area contributed by atoms with E-state index in [-0.39, 0.29) is 0 Å². The van der Waals surface area contributed by atoms with Gasteiger partial charge in [-0.25, -0.2) is 0 Å². The zero-order valence-corrected chi connectivity index (χ0v) is 16.7. The molecule has 2 N–H and O–H groups in total. The number of nitrogens with two attached hydrogens (primary N) is 1. The molecule has 0 heterocycles. The predicted octanol–water partition coefficient (Wildman–Crippen LogP) is 6.09. The average Bonchev–Trinajstić information content (AvgIpc) is 2.78. The summed E-state index contributed by atoms with van der Waals surface area (Å²) in [5, 5.41) is 11.2. The second-order valence-corrected chi connectivity index (χ2v) is 7.60. The van der Waals surface area contributed by atoms with E-state index in [4.69, 9.17) is 5.73 Å². The first kappa shape index (κ1) is 19.0. The van der Waals surface area contributed by atoms with E-state index >= 15 is 0 Å². The van der Waals surface area contributed by atoms with Crippen molar-refractivity contribution < 1.29 is 0 Å². The molecule has 4 aromatic rings. The van der Waals surface area contributed by atoms with E-state index in [0.29, 0.717) is 5.17 Å². The second kappa shape index (κ2) is 9.22. The largest absolute Gasteiger partial charge is 0.377 e. The van der Waals surface area contributed by atoms with E-state index in [0.717, 1.165) is 11.3 Å². The third kappa shape index (κ3) is 4.92. The molecular formula is C25H21N3S. The standard InChI is InChI=1S/C25H21N3S/c26-25(29-18-20-7-2-1-3-8-20)28-27-17-19-13-15-22(16-14-19)24-12-6-10-21-9-4-5-11-23(21)24/h1-17H,18H2,(H2,26,28). The van der Waals surface area contributed by atoms with Crippen LogP contribution in [-0.4, -0.2) is 11.4 Å². The minimum Gasteiger partial charge on any atom is -0.377 e. The van der Waals surface area contributed by atoms with E-state index in [1.54, 1.807) is 6.21 Å². The number of hydrogen-bond donors (Lipinski definition) is 1. The van der Waals surface area contributed by atoms with Gasteiger partial charge < -0.3 is 5.73 Å². The van der Waals surface area contributed by atoms with Crippen molar-refractivity contribution in [1.82, 2.24) is 0 Å². The minimum atomic E-state index is 0.456. The number of thioether (sulfide) groups is 1. The molecule has 4 heteroatoms. The first-order valence-electron chi connectivity index (χ1n) is 9.41. The quantitative estimate of drug-likeness (QED) is 0.253. The number of nitrogens with zero attached hydrogens (tertiary/aromatic N) is 2. The van der Waals surface area contributed by atoms with Gasteiger partial charge in [0, 0.05) is 5.75 Å². The van der Waals surface area contributed by atoms with Crippen molar-refractivity contribution in [3.05, 3.63) is 108 Å². The summed E-state index contributed by atoms with van der Waals surface area (Å²) in [6.07, 6.45) is 1.73. The molecule has 142 valence electrons. The van der Waals surface area contributed by atoms with Crippen LogP contribution < -0.4 is 5.73 Å². The number of amidine groups is 1. The van der Waals surface area contributed by atoms with Gasteiger partial charge in [-0.1, -0.05) is 109 Å². The molecule has 0 amide bonds. The number of fused-ring (bicyclic) bond motifs is 1. The molecule has 0 aliphatic heterocycles. The van der Waals surface area contributed by atoms with Crippen molar-refractivity contribution in [2.45, 2.75) is 5.75 Å². The van der Waals surface area contributed by atoms with Crippen LogP contribution in [0.3, 0.4) is 0 Å². The lowest BCUT2D eigenvalue weighted by molar-refractivity contribution is 1.25. The summed E-state index contributed by atoms with van der Waals surface area (Å²) < 4.78 is 0. The highest BCUT2D eigenvalue weighted by Gasteiger charge is 2.03. The van der Waals surface area contributed by atoms with Crippen LogP contribution in [0.2, 0.25) is 0 Å². The third-order valence-electron chi connectivity index (χ3n) is 4.60. The molecule has 3 nitrogen and oxygen atoms in total. The Bertz CT molecular complexity index is 1140. The van der Waals surface area contributed by atoms with Gasteiger partial charge in [0.25, 0.3) is 0 Å². The Morgan fingerprint density at radius 3 is 2.34 bits per heavy atom. The van der Waals surface area contributed by atoms with Gasteiger partial charge in [0.05, 0.1) is 6.21 Å². The van der Waals surface area contributed by atoms with Crippen LogP contribution >= 0.6 is 11.8 Å². The topological polar surface area (TPSA) is 50.7 Å². The van der Waals surface area contributed by atoms with E-state index in [9.17, 15) is 0 Å². The zero-order chi connectivity index (χ0) is 19.9. The van der Waals surface area contributed by atoms with Crippen LogP contribution in [0.25, 0.3) is 21.9 Å². The minimum absolute atomic E-state index is 0.456. The van der Waals surface area contributed by atoms with Crippen molar-refractivity contribution in [3.63, 3.8) is 0 Å². The van der Waals surface area contributed by atoms with Gasteiger partial charge in [-0.05, 0) is 33.0 Å². The maximum atomic E-state index is 5.94. The Hall–Kier alpha value is -3.37. The Kier molecular flexibility index (Phi) is 6.03. The highest BCUT2D eigenvalue weighted by atomic mass is 32.2. The van der Waals surface area contributed by atoms with Crippen molar-refractivity contribution in [3.8, 4) is 11.1 Å². The van der Waals surface area contributed by atoms with Crippen LogP contribution in [0.4, 0.5) is 0 Å². The van der Waals surface area contributed by atoms with Crippen molar-refractivity contribution in [1.29, 1.82) is 0 Å². The maximum absolute atomic E-state index is 5.94. The summed E-state index contributed by atoms with van der Waals surface area (Å²) in [6.45, 7) is 0. The molecule has 0 aliphatic carbocycles. The first-order chi connectivity index (χ1) is 14.3. The normalized spacial score (nSPS) is 11.9. The molecule has 0 atom stereocenters. The van der Waals surface area contributed by atoms with Crippen molar-refractivity contribution >= 4 is 33.9 Å². The molecule has 29 heavy (non-hydrogen) atoms. The van der Waals surface area contributed by atoms with Crippen LogP contribution in [0, 0.1) is 0 Å². The van der Waals surface area contributed by atoms with E-state index < -0.39 is 0 Å². The van der Waals surface area contributed by atoms with Gasteiger partial charge in [0.1, 0.15) is 0 Å². The Labute approximate surface area is 175 Å². The summed E-state index contributed by atoms with van der Waals surface area (Å²) in [5.41, 5.74) is 10.5. The molecule has 0 aromatic heterocycles. The second-order valence-electron chi connectivity index (χ2n) is 6.61. The van der Waals surface area contributed by atoms with E-state index in [1.165, 1.54) is 39.2 Å². The van der Waals surface area contributed by atoms with E-state index in [2.05, 4.69) is 76.9 Å². The SMILES string of the molecule is NC(=NN=Cc1ccc(-c2cccc3ccccc23)cc1)SCc1ccccc1. The molecule has 0 bridgehead atoms. The highest BCUT2D eigenvalue weighted by Crippen LogP contribution is 2.28. The van der Waals surface area contributed by atoms with Crippen LogP contribution in [0.15, 0.2) is 107 Å². The molecule has 0 fully saturated rings. The van der Waals surface area contributed by atoms with E-state index in [1.807, 2.05) is 30.3 Å². The Morgan fingerprint density at radius 1 is 0.793 bits per heavy atom. The summed E-state index contributed by atoms with van der Waals surface area (Å²) in [5.74, 6) is 0.783. The molecule has 0 saturated heterocycles. The number of benzene rings is 4. The molecule has 4 rings (SSSR count). The summed E-state index contributed by atoms with van der Waals surface area (Å²) >= 11 is 1.48. The molecule has 0 unspecified atom stereocenters. The summed E-state index contributed by atoms with van der Waals surface area (Å²) in [6, 6.07) is 33.3. The van der Waals surface area contributed by atoms with Crippen LogP contribution in [-0.2, 0) is 5.75 Å². The molecule has 4 aromatic carbocycles. The molecule has 0 aliphatic rings. The lowest BCUT2D eigenvalue weighted by Gasteiger charge is -2.07. The molecule has 0 saturated carbocycles. The molecule has 0 spiro atoms. The fourth-order valence-electron chi connectivity index (χ4n) is 3.14. The molecular weight excluding hydrogens is 374 g/mol. The van der Waals surface area contributed by atoms with Gasteiger partial charge in [0.2, 0.25) is 0 Å². The zero-order valence-electron chi connectivity index (χ0n) is 15.9. The summed E-state index contributed by atoms with van der Waals surface area (Å²) in [4.78, 5) is 0. The number of rotatable bonds is 5. The monoisotopic (exact) mass is 395 g/mol. The lowest BCUT2D eigenvalue weighted by atomic mass is 9.98. The molecule has 0 radical (unpaired) electrons. The van der Waals surface area contributed by atoms with Gasteiger partial charge in [-0.3, -0.25) is 0 Å². The fraction of sp³-hybridized carbons (Fsp3) is 0.0400. The maximum Gasteiger partial charge on any atom is 0.180 e. The first-order valence-corrected chi connectivity index (χ1v) is 10.4. The van der Waals surface area contributed by atoms with Crippen molar-refractivity contribution in [2.24, 2.45) is 15.9 Å². The highest BCUT2D eigenvalue weighted by molar-refractivity contribution is 8.13. The van der Waals surface area contributed by atoms with Gasteiger partial charge in [-0.15, -0.1) is 5.10 Å². The van der Waals surface area contributed by atoms with Crippen molar-refractivity contribution in [2.75, 3.05) is 0 Å². The summed E-state index contributed by atoms with van der Waals surface area (Å²) in [7, 11) is 0. The predicted molar refractivity (Wildman–Crippen MR) is 126 cm³/mol. The smallest absolute Gasteiger partial charge is 0.180 e. The van der Waals surface area contributed by atoms with Gasteiger partial charge >= 0.3 is 0 Å². The lowest BCUT2D eigenvalue weighted by Crippen LogP contribution is -2.05. The van der Waals surface area contributed by atoms with Gasteiger partial charge in [0.15, 0.2) is 5.17 Å².